The average Bonchev–Trinajstić information content (AvgIpc) is 3.15. The Morgan fingerprint density at radius 1 is 1.15 bits per heavy atom. The number of nitrogens with zero attached hydrogens (tertiary/aromatic N) is 3. The van der Waals surface area contributed by atoms with Gasteiger partial charge in [0.2, 0.25) is 17.6 Å². The summed E-state index contributed by atoms with van der Waals surface area (Å²) >= 11 is 5.90. The van der Waals surface area contributed by atoms with Crippen LogP contribution in [0.3, 0.4) is 0 Å². The summed E-state index contributed by atoms with van der Waals surface area (Å²) in [5, 5.41) is 4.68. The smallest absolute Gasteiger partial charge is 0.227 e. The molecule has 1 saturated heterocycles. The molecule has 2 aliphatic rings. The third-order valence-corrected chi connectivity index (χ3v) is 6.02. The minimum atomic E-state index is 0.209. The molecule has 5 nitrogen and oxygen atoms in total. The first-order valence-electron chi connectivity index (χ1n) is 9.55. The Labute approximate surface area is 158 Å². The molecular formula is C20H24ClN3O2. The Balaban J connectivity index is 1.31. The Kier molecular flexibility index (Phi) is 5.25. The maximum atomic E-state index is 12.6. The molecule has 2 fully saturated rings. The lowest BCUT2D eigenvalue weighted by atomic mass is 9.75. The minimum absolute atomic E-state index is 0.209. The lowest BCUT2D eigenvalue weighted by Crippen LogP contribution is -2.44. The number of aromatic nitrogens is 2. The van der Waals surface area contributed by atoms with Crippen LogP contribution in [0.2, 0.25) is 5.02 Å². The highest BCUT2D eigenvalue weighted by Crippen LogP contribution is 2.36. The van der Waals surface area contributed by atoms with E-state index in [1.54, 1.807) is 12.1 Å². The van der Waals surface area contributed by atoms with Gasteiger partial charge in [-0.05, 0) is 48.9 Å². The molecule has 1 aromatic carbocycles. The number of benzene rings is 1. The molecule has 1 saturated carbocycles. The topological polar surface area (TPSA) is 59.2 Å². The SMILES string of the molecule is O=C(CCc1nc(-c2ccc(Cl)cc2)no1)N1CC[C@H]2CCCC[C@H]2C1. The molecule has 1 aliphatic heterocycles. The Morgan fingerprint density at radius 3 is 2.73 bits per heavy atom. The summed E-state index contributed by atoms with van der Waals surface area (Å²) in [5.74, 6) is 2.80. The van der Waals surface area contributed by atoms with Crippen LogP contribution in [-0.4, -0.2) is 34.0 Å². The predicted molar refractivity (Wildman–Crippen MR) is 99.7 cm³/mol. The van der Waals surface area contributed by atoms with Crippen molar-refractivity contribution in [3.05, 3.63) is 35.2 Å². The van der Waals surface area contributed by atoms with Gasteiger partial charge >= 0.3 is 0 Å². The largest absolute Gasteiger partial charge is 0.342 e. The molecule has 2 atom stereocenters. The van der Waals surface area contributed by atoms with Gasteiger partial charge in [-0.15, -0.1) is 0 Å². The van der Waals surface area contributed by atoms with Crippen LogP contribution in [-0.2, 0) is 11.2 Å². The second-order valence-electron chi connectivity index (χ2n) is 7.45. The number of carbonyl (C=O) groups excluding carboxylic acids is 1. The fourth-order valence-electron chi connectivity index (χ4n) is 4.27. The fraction of sp³-hybridized carbons (Fsp3) is 0.550. The van der Waals surface area contributed by atoms with Gasteiger partial charge in [0.05, 0.1) is 0 Å². The third kappa shape index (κ3) is 3.93. The number of hydrogen-bond donors (Lipinski definition) is 0. The van der Waals surface area contributed by atoms with Crippen LogP contribution < -0.4 is 0 Å². The zero-order valence-corrected chi connectivity index (χ0v) is 15.6. The number of rotatable bonds is 4. The van der Waals surface area contributed by atoms with E-state index in [0.29, 0.717) is 35.5 Å². The lowest BCUT2D eigenvalue weighted by molar-refractivity contribution is -0.134. The monoisotopic (exact) mass is 373 g/mol. The standard InChI is InChI=1S/C20H24ClN3O2/c21-17-7-5-15(6-8-17)20-22-18(26-23-20)9-10-19(25)24-12-11-14-3-1-2-4-16(14)13-24/h5-8,14,16H,1-4,9-13H2/t14-,16+/m1/s1. The second kappa shape index (κ2) is 7.78. The summed E-state index contributed by atoms with van der Waals surface area (Å²) in [5.41, 5.74) is 0.857. The molecule has 0 radical (unpaired) electrons. The van der Waals surface area contributed by atoms with Gasteiger partial charge in [-0.3, -0.25) is 4.79 Å². The molecule has 2 aromatic rings. The minimum Gasteiger partial charge on any atom is -0.342 e. The van der Waals surface area contributed by atoms with Crippen LogP contribution in [0.1, 0.15) is 44.4 Å². The Hall–Kier alpha value is -1.88. The summed E-state index contributed by atoms with van der Waals surface area (Å²) in [6.45, 7) is 1.84. The number of aryl methyl sites for hydroxylation is 1. The molecule has 4 rings (SSSR count). The zero-order chi connectivity index (χ0) is 17.9. The van der Waals surface area contributed by atoms with E-state index in [4.69, 9.17) is 16.1 Å². The predicted octanol–water partition coefficient (Wildman–Crippen LogP) is 4.36. The molecule has 1 amide bonds. The molecule has 0 N–H and O–H groups in total. The summed E-state index contributed by atoms with van der Waals surface area (Å²) in [6.07, 6.45) is 7.40. The first-order chi connectivity index (χ1) is 12.7. The summed E-state index contributed by atoms with van der Waals surface area (Å²) in [6, 6.07) is 7.31. The van der Waals surface area contributed by atoms with Crippen LogP contribution in [0.4, 0.5) is 0 Å². The number of halogens is 1. The summed E-state index contributed by atoms with van der Waals surface area (Å²) < 4.78 is 5.31. The number of piperidine rings is 1. The Morgan fingerprint density at radius 2 is 1.92 bits per heavy atom. The van der Waals surface area contributed by atoms with Gasteiger partial charge in [0, 0.05) is 36.5 Å². The van der Waals surface area contributed by atoms with Crippen molar-refractivity contribution in [1.82, 2.24) is 15.0 Å². The van der Waals surface area contributed by atoms with Crippen molar-refractivity contribution in [2.75, 3.05) is 13.1 Å². The van der Waals surface area contributed by atoms with Gasteiger partial charge in [0.25, 0.3) is 0 Å². The molecule has 138 valence electrons. The molecule has 1 aliphatic carbocycles. The lowest BCUT2D eigenvalue weighted by Gasteiger charge is -2.41. The van der Waals surface area contributed by atoms with E-state index in [0.717, 1.165) is 31.0 Å². The van der Waals surface area contributed by atoms with Crippen LogP contribution in [0.15, 0.2) is 28.8 Å². The van der Waals surface area contributed by atoms with E-state index in [-0.39, 0.29) is 5.91 Å². The summed E-state index contributed by atoms with van der Waals surface area (Å²) in [7, 11) is 0. The van der Waals surface area contributed by atoms with Crippen LogP contribution in [0, 0.1) is 11.8 Å². The van der Waals surface area contributed by atoms with E-state index in [1.807, 2.05) is 17.0 Å². The normalized spacial score (nSPS) is 22.9. The van der Waals surface area contributed by atoms with Gasteiger partial charge in [0.1, 0.15) is 0 Å². The van der Waals surface area contributed by atoms with Crippen molar-refractivity contribution >= 4 is 17.5 Å². The maximum Gasteiger partial charge on any atom is 0.227 e. The number of amides is 1. The first-order valence-corrected chi connectivity index (χ1v) is 9.93. The highest BCUT2D eigenvalue weighted by atomic mass is 35.5. The van der Waals surface area contributed by atoms with Crippen LogP contribution in [0.5, 0.6) is 0 Å². The van der Waals surface area contributed by atoms with Gasteiger partial charge in [-0.1, -0.05) is 36.0 Å². The zero-order valence-electron chi connectivity index (χ0n) is 14.9. The highest BCUT2D eigenvalue weighted by molar-refractivity contribution is 6.30. The number of hydrogen-bond acceptors (Lipinski definition) is 4. The van der Waals surface area contributed by atoms with Gasteiger partial charge in [0.15, 0.2) is 0 Å². The van der Waals surface area contributed by atoms with Crippen LogP contribution in [0.25, 0.3) is 11.4 Å². The molecular weight excluding hydrogens is 350 g/mol. The quantitative estimate of drug-likeness (QED) is 0.798. The maximum absolute atomic E-state index is 12.6. The number of carbonyl (C=O) groups is 1. The van der Waals surface area contributed by atoms with E-state index in [1.165, 1.54) is 25.7 Å². The molecule has 0 spiro atoms. The fourth-order valence-corrected chi connectivity index (χ4v) is 4.40. The van der Waals surface area contributed by atoms with Crippen molar-refractivity contribution < 1.29 is 9.32 Å². The van der Waals surface area contributed by atoms with E-state index < -0.39 is 0 Å². The molecule has 1 aromatic heterocycles. The highest BCUT2D eigenvalue weighted by Gasteiger charge is 2.32. The van der Waals surface area contributed by atoms with Gasteiger partial charge in [-0.25, -0.2) is 0 Å². The molecule has 2 heterocycles. The van der Waals surface area contributed by atoms with E-state index >= 15 is 0 Å². The van der Waals surface area contributed by atoms with Crippen molar-refractivity contribution in [3.8, 4) is 11.4 Å². The molecule has 0 bridgehead atoms. The number of fused-ring (bicyclic) bond motifs is 1. The Bertz CT molecular complexity index is 759. The summed E-state index contributed by atoms with van der Waals surface area (Å²) in [4.78, 5) is 19.0. The molecule has 0 unspecified atom stereocenters. The van der Waals surface area contributed by atoms with Crippen LogP contribution >= 0.6 is 11.6 Å². The van der Waals surface area contributed by atoms with Crippen molar-refractivity contribution in [2.24, 2.45) is 11.8 Å². The average molecular weight is 374 g/mol. The van der Waals surface area contributed by atoms with Gasteiger partial charge in [-0.2, -0.15) is 4.98 Å². The third-order valence-electron chi connectivity index (χ3n) is 5.77. The number of likely N-dealkylation sites (tertiary alicyclic amines) is 1. The molecule has 6 heteroatoms. The van der Waals surface area contributed by atoms with E-state index in [2.05, 4.69) is 10.1 Å². The van der Waals surface area contributed by atoms with Gasteiger partial charge < -0.3 is 9.42 Å². The first kappa shape index (κ1) is 17.5. The van der Waals surface area contributed by atoms with E-state index in [9.17, 15) is 4.79 Å². The molecule has 26 heavy (non-hydrogen) atoms. The van der Waals surface area contributed by atoms with Crippen molar-refractivity contribution in [2.45, 2.75) is 44.9 Å². The van der Waals surface area contributed by atoms with Crippen molar-refractivity contribution in [3.63, 3.8) is 0 Å². The van der Waals surface area contributed by atoms with Crippen molar-refractivity contribution in [1.29, 1.82) is 0 Å². The second-order valence-corrected chi connectivity index (χ2v) is 7.89.